The Morgan fingerprint density at radius 3 is 2.61 bits per heavy atom. The molecule has 13 heteroatoms. The predicted molar refractivity (Wildman–Crippen MR) is 102 cm³/mol. The standard InChI is InChI=1S/C18H21F3N4O5S/c1-24-10-16(22-11-24)31(26,27)25-8-14(17-28-5-6-29-17)15(9-25)23-12-3-2-4-13(7-12)30-18(19,20)21/h2-4,7,10-11,14-15,17,23H,5-6,8-9H2,1H3/t14-,15-/m0/s1. The van der Waals surface area contributed by atoms with E-state index in [2.05, 4.69) is 15.0 Å². The molecule has 9 nitrogen and oxygen atoms in total. The lowest BCUT2D eigenvalue weighted by Gasteiger charge is -2.24. The van der Waals surface area contributed by atoms with Crippen molar-refractivity contribution in [3.05, 3.63) is 36.8 Å². The molecule has 0 bridgehead atoms. The second kappa shape index (κ2) is 8.30. The molecule has 2 aliphatic heterocycles. The number of ether oxygens (including phenoxy) is 3. The lowest BCUT2D eigenvalue weighted by molar-refractivity contribution is -0.274. The summed E-state index contributed by atoms with van der Waals surface area (Å²) in [6, 6.07) is 4.91. The number of sulfonamides is 1. The summed E-state index contributed by atoms with van der Waals surface area (Å²) in [4.78, 5) is 3.94. The van der Waals surface area contributed by atoms with E-state index in [0.717, 1.165) is 0 Å². The number of hydrogen-bond acceptors (Lipinski definition) is 7. The molecule has 2 fully saturated rings. The molecule has 2 atom stereocenters. The molecule has 0 spiro atoms. The number of nitrogens with one attached hydrogen (secondary N) is 1. The van der Waals surface area contributed by atoms with Gasteiger partial charge in [0.15, 0.2) is 11.3 Å². The number of aromatic nitrogens is 2. The fraction of sp³-hybridized carbons (Fsp3) is 0.500. The number of benzene rings is 1. The van der Waals surface area contributed by atoms with Gasteiger partial charge in [-0.3, -0.25) is 0 Å². The molecule has 170 valence electrons. The van der Waals surface area contributed by atoms with E-state index >= 15 is 0 Å². The molecule has 1 aromatic carbocycles. The average molecular weight is 462 g/mol. The Kier molecular flexibility index (Phi) is 5.85. The van der Waals surface area contributed by atoms with Crippen LogP contribution in [0.2, 0.25) is 0 Å². The highest BCUT2D eigenvalue weighted by atomic mass is 32.2. The van der Waals surface area contributed by atoms with Crippen molar-refractivity contribution < 1.29 is 35.8 Å². The van der Waals surface area contributed by atoms with Gasteiger partial charge in [-0.15, -0.1) is 13.2 Å². The third kappa shape index (κ3) is 4.95. The monoisotopic (exact) mass is 462 g/mol. The maximum Gasteiger partial charge on any atom is 0.573 e. The Hall–Kier alpha value is -2.35. The zero-order chi connectivity index (χ0) is 22.2. The minimum atomic E-state index is -4.81. The largest absolute Gasteiger partial charge is 0.573 e. The molecular weight excluding hydrogens is 441 g/mol. The quantitative estimate of drug-likeness (QED) is 0.700. The van der Waals surface area contributed by atoms with Crippen molar-refractivity contribution in [2.75, 3.05) is 31.6 Å². The van der Waals surface area contributed by atoms with Crippen LogP contribution in [0.4, 0.5) is 18.9 Å². The first-order valence-corrected chi connectivity index (χ1v) is 10.9. The maximum absolute atomic E-state index is 13.0. The lowest BCUT2D eigenvalue weighted by atomic mass is 10.0. The molecule has 3 heterocycles. The molecule has 2 aromatic rings. The van der Waals surface area contributed by atoms with E-state index < -0.39 is 28.7 Å². The minimum Gasteiger partial charge on any atom is -0.406 e. The van der Waals surface area contributed by atoms with Crippen LogP contribution in [0, 0.1) is 5.92 Å². The Balaban J connectivity index is 1.56. The van der Waals surface area contributed by atoms with E-state index in [1.807, 2.05) is 0 Å². The maximum atomic E-state index is 13.0. The molecular formula is C18H21F3N4O5S. The number of halogens is 3. The molecule has 4 rings (SSSR count). The number of rotatable bonds is 6. The molecule has 2 aliphatic rings. The van der Waals surface area contributed by atoms with Gasteiger partial charge in [0.2, 0.25) is 0 Å². The zero-order valence-corrected chi connectivity index (χ0v) is 17.3. The van der Waals surface area contributed by atoms with Crippen molar-refractivity contribution in [3.63, 3.8) is 0 Å². The molecule has 0 amide bonds. The van der Waals surface area contributed by atoms with Crippen LogP contribution in [0.3, 0.4) is 0 Å². The molecule has 0 aliphatic carbocycles. The van der Waals surface area contributed by atoms with Crippen molar-refractivity contribution in [1.29, 1.82) is 0 Å². The van der Waals surface area contributed by atoms with E-state index in [0.29, 0.717) is 18.9 Å². The third-order valence-corrected chi connectivity index (χ3v) is 6.75. The Morgan fingerprint density at radius 2 is 1.97 bits per heavy atom. The van der Waals surface area contributed by atoms with Gasteiger partial charge in [-0.05, 0) is 12.1 Å². The molecule has 2 saturated heterocycles. The summed E-state index contributed by atoms with van der Waals surface area (Å²) in [5, 5.41) is 3.03. The first kappa shape index (κ1) is 21.9. The van der Waals surface area contributed by atoms with E-state index in [1.54, 1.807) is 13.1 Å². The Morgan fingerprint density at radius 1 is 1.23 bits per heavy atom. The summed E-state index contributed by atoms with van der Waals surface area (Å²) < 4.78 is 81.6. The van der Waals surface area contributed by atoms with Crippen molar-refractivity contribution in [3.8, 4) is 5.75 Å². The predicted octanol–water partition coefficient (Wildman–Crippen LogP) is 1.79. The summed E-state index contributed by atoms with van der Waals surface area (Å²) in [5.41, 5.74) is 0.354. The number of hydrogen-bond donors (Lipinski definition) is 1. The van der Waals surface area contributed by atoms with E-state index in [1.165, 1.54) is 39.6 Å². The smallest absolute Gasteiger partial charge is 0.406 e. The van der Waals surface area contributed by atoms with Crippen LogP contribution in [0.25, 0.3) is 0 Å². The van der Waals surface area contributed by atoms with Crippen molar-refractivity contribution in [2.45, 2.75) is 23.7 Å². The number of anilines is 1. The SMILES string of the molecule is Cn1cnc(S(=O)(=O)N2C[C@H](Nc3cccc(OC(F)(F)F)c3)[C@@H](C3OCCO3)C2)c1. The summed E-state index contributed by atoms with van der Waals surface area (Å²) in [6.45, 7) is 0.947. The number of alkyl halides is 3. The van der Waals surface area contributed by atoms with Gasteiger partial charge >= 0.3 is 6.36 Å². The number of aryl methyl sites for hydroxylation is 1. The third-order valence-electron chi connectivity index (χ3n) is 5.03. The van der Waals surface area contributed by atoms with Gasteiger partial charge < -0.3 is 24.1 Å². The van der Waals surface area contributed by atoms with Gasteiger partial charge in [-0.2, -0.15) is 4.31 Å². The topological polar surface area (TPSA) is 94.9 Å². The fourth-order valence-electron chi connectivity index (χ4n) is 3.69. The van der Waals surface area contributed by atoms with Crippen LogP contribution in [-0.2, 0) is 26.5 Å². The molecule has 1 N–H and O–H groups in total. The van der Waals surface area contributed by atoms with Crippen LogP contribution in [0.5, 0.6) is 5.75 Å². The number of imidazole rings is 1. The van der Waals surface area contributed by atoms with E-state index in [-0.39, 0.29) is 29.8 Å². The van der Waals surface area contributed by atoms with Crippen LogP contribution in [0.15, 0.2) is 41.8 Å². The number of nitrogens with zero attached hydrogens (tertiary/aromatic N) is 3. The van der Waals surface area contributed by atoms with Crippen molar-refractivity contribution in [1.82, 2.24) is 13.9 Å². The second-order valence-electron chi connectivity index (χ2n) is 7.30. The zero-order valence-electron chi connectivity index (χ0n) is 16.4. The fourth-order valence-corrected chi connectivity index (χ4v) is 5.16. The average Bonchev–Trinajstić information content (AvgIpc) is 3.41. The molecule has 0 radical (unpaired) electrons. The summed E-state index contributed by atoms with van der Waals surface area (Å²) in [7, 11) is -2.19. The van der Waals surface area contributed by atoms with Gasteiger partial charge in [0.1, 0.15) is 5.75 Å². The van der Waals surface area contributed by atoms with Gasteiger partial charge in [-0.25, -0.2) is 13.4 Å². The van der Waals surface area contributed by atoms with Crippen LogP contribution in [0.1, 0.15) is 0 Å². The molecule has 0 unspecified atom stereocenters. The van der Waals surface area contributed by atoms with E-state index in [9.17, 15) is 21.6 Å². The van der Waals surface area contributed by atoms with Crippen molar-refractivity contribution in [2.24, 2.45) is 13.0 Å². The lowest BCUT2D eigenvalue weighted by Crippen LogP contribution is -2.36. The normalized spacial score (nSPS) is 23.4. The van der Waals surface area contributed by atoms with Gasteiger partial charge in [0, 0.05) is 50.0 Å². The van der Waals surface area contributed by atoms with Crippen molar-refractivity contribution >= 4 is 15.7 Å². The highest BCUT2D eigenvalue weighted by Crippen LogP contribution is 2.32. The van der Waals surface area contributed by atoms with Gasteiger partial charge in [0.25, 0.3) is 10.0 Å². The molecule has 1 aromatic heterocycles. The summed E-state index contributed by atoms with van der Waals surface area (Å²) in [5.74, 6) is -0.758. The van der Waals surface area contributed by atoms with Crippen LogP contribution in [-0.4, -0.2) is 67.3 Å². The minimum absolute atomic E-state index is 0.0666. The second-order valence-corrected chi connectivity index (χ2v) is 9.18. The van der Waals surface area contributed by atoms with E-state index in [4.69, 9.17) is 9.47 Å². The summed E-state index contributed by atoms with van der Waals surface area (Å²) >= 11 is 0. The Bertz CT molecular complexity index is 1020. The summed E-state index contributed by atoms with van der Waals surface area (Å²) in [6.07, 6.45) is -2.64. The van der Waals surface area contributed by atoms with Crippen LogP contribution < -0.4 is 10.1 Å². The van der Waals surface area contributed by atoms with Crippen LogP contribution >= 0.6 is 0 Å². The Labute approximate surface area is 176 Å². The van der Waals surface area contributed by atoms with Gasteiger partial charge in [0.05, 0.1) is 19.5 Å². The first-order chi connectivity index (χ1) is 14.6. The molecule has 0 saturated carbocycles. The first-order valence-electron chi connectivity index (χ1n) is 9.45. The van der Waals surface area contributed by atoms with Gasteiger partial charge in [-0.1, -0.05) is 6.07 Å². The highest BCUT2D eigenvalue weighted by molar-refractivity contribution is 7.89. The molecule has 31 heavy (non-hydrogen) atoms. The highest BCUT2D eigenvalue weighted by Gasteiger charge is 2.45.